The fourth-order valence-electron chi connectivity index (χ4n) is 1.11. The maximum absolute atomic E-state index is 5.49. The summed E-state index contributed by atoms with van der Waals surface area (Å²) in [4.78, 5) is 0. The van der Waals surface area contributed by atoms with Gasteiger partial charge in [-0.2, -0.15) is 0 Å². The summed E-state index contributed by atoms with van der Waals surface area (Å²) >= 11 is 0. The van der Waals surface area contributed by atoms with Crippen LogP contribution >= 0.6 is 0 Å². The first kappa shape index (κ1) is 33.3. The molecule has 0 saturated carbocycles. The number of unbranched alkanes of at least 4 members (excludes halogenated alkanes) is 1. The Morgan fingerprint density at radius 2 is 1.12 bits per heavy atom. The van der Waals surface area contributed by atoms with E-state index in [0.29, 0.717) is 52.8 Å². The molecular weight excluding hydrogens is 338 g/mol. The smallest absolute Gasteiger partial charge is 0.0931 e. The van der Waals surface area contributed by atoms with E-state index in [0.717, 1.165) is 0 Å². The molecule has 0 aliphatic heterocycles. The molecule has 1 atom stereocenters. The van der Waals surface area contributed by atoms with Gasteiger partial charge in [-0.15, -0.1) is 0 Å². The van der Waals surface area contributed by atoms with E-state index in [1.54, 1.807) is 28.4 Å². The highest BCUT2D eigenvalue weighted by atomic mass is 16.6. The molecule has 0 aromatic heterocycles. The Balaban J connectivity index is -0.000000225. The lowest BCUT2D eigenvalue weighted by Crippen LogP contribution is -2.29. The Labute approximate surface area is 162 Å². The van der Waals surface area contributed by atoms with Gasteiger partial charge in [-0.3, -0.25) is 0 Å². The normalized spacial score (nSPS) is 10.5. The lowest BCUT2D eigenvalue weighted by molar-refractivity contribution is -0.0342. The number of methoxy groups -OCH3 is 3. The Bertz CT molecular complexity index is 185. The summed E-state index contributed by atoms with van der Waals surface area (Å²) in [5.74, 6) is 0. The molecule has 7 heteroatoms. The third-order valence-corrected chi connectivity index (χ3v) is 2.50. The van der Waals surface area contributed by atoms with Crippen LogP contribution in [0.1, 0.15) is 40.5 Å². The largest absolute Gasteiger partial charge is 0.388 e. The Morgan fingerprint density at radius 3 is 1.46 bits per heavy atom. The zero-order valence-electron chi connectivity index (χ0n) is 18.7. The van der Waals surface area contributed by atoms with E-state index in [1.165, 1.54) is 12.8 Å². The second-order valence-corrected chi connectivity index (χ2v) is 4.81. The predicted molar refractivity (Wildman–Crippen MR) is 109 cm³/mol. The van der Waals surface area contributed by atoms with Gasteiger partial charge in [-0.1, -0.05) is 40.5 Å². The summed E-state index contributed by atoms with van der Waals surface area (Å²) in [5, 5.41) is 0. The zero-order chi connectivity index (χ0) is 20.9. The first-order chi connectivity index (χ1) is 12.7. The van der Waals surface area contributed by atoms with Crippen LogP contribution in [0.4, 0.5) is 0 Å². The number of hydrogen-bond acceptors (Lipinski definition) is 7. The molecular formula is C19H47NO6. The number of nitrogens with two attached hydrogens (primary N) is 1. The number of rotatable bonds is 14. The van der Waals surface area contributed by atoms with Crippen molar-refractivity contribution in [2.45, 2.75) is 46.6 Å². The molecule has 0 spiro atoms. The molecule has 0 fully saturated rings. The molecule has 26 heavy (non-hydrogen) atoms. The third-order valence-electron chi connectivity index (χ3n) is 2.50. The summed E-state index contributed by atoms with van der Waals surface area (Å²) in [5.41, 5.74) is 5.49. The Kier molecular flexibility index (Phi) is 50.9. The highest BCUT2D eigenvalue weighted by Gasteiger charge is 2.05. The van der Waals surface area contributed by atoms with Crippen LogP contribution in [0, 0.1) is 0 Å². The summed E-state index contributed by atoms with van der Waals surface area (Å²) in [6, 6.07) is 0. The van der Waals surface area contributed by atoms with Crippen molar-refractivity contribution in [3.63, 3.8) is 0 Å². The lowest BCUT2D eigenvalue weighted by atomic mass is 10.4. The minimum absolute atomic E-state index is 0.0541. The van der Waals surface area contributed by atoms with Crippen LogP contribution in [-0.2, 0) is 28.4 Å². The maximum Gasteiger partial charge on any atom is 0.0931 e. The van der Waals surface area contributed by atoms with Crippen molar-refractivity contribution < 1.29 is 28.4 Å². The molecule has 164 valence electrons. The van der Waals surface area contributed by atoms with Crippen LogP contribution in [0.5, 0.6) is 0 Å². The SMILES string of the molecule is CC.CCCC.COC.COCCOCCOCCOC(CN)COC. The van der Waals surface area contributed by atoms with Gasteiger partial charge in [-0.25, -0.2) is 0 Å². The van der Waals surface area contributed by atoms with Gasteiger partial charge in [0.1, 0.15) is 0 Å². The van der Waals surface area contributed by atoms with E-state index in [4.69, 9.17) is 29.4 Å². The summed E-state index contributed by atoms with van der Waals surface area (Å²) < 4.78 is 30.0. The molecule has 0 heterocycles. The molecule has 0 aromatic rings. The lowest BCUT2D eigenvalue weighted by Gasteiger charge is -2.14. The van der Waals surface area contributed by atoms with Crippen molar-refractivity contribution in [2.75, 3.05) is 81.2 Å². The molecule has 0 rings (SSSR count). The van der Waals surface area contributed by atoms with Crippen molar-refractivity contribution in [1.29, 1.82) is 0 Å². The molecule has 0 saturated heterocycles. The Hall–Kier alpha value is -0.280. The minimum Gasteiger partial charge on any atom is -0.388 e. The topological polar surface area (TPSA) is 81.4 Å². The quantitative estimate of drug-likeness (QED) is 0.460. The standard InChI is InChI=1S/C11H25NO5.C4H10.C2H6O.C2H6/c1-13-3-4-15-5-6-16-7-8-17-11(9-12)10-14-2;1-3-4-2;1-3-2;1-2/h11H,3-10,12H2,1-2H3;3-4H2,1-2H3;1-2H3;1-2H3. The molecule has 2 N–H and O–H groups in total. The first-order valence-corrected chi connectivity index (χ1v) is 9.53. The van der Waals surface area contributed by atoms with Gasteiger partial charge < -0.3 is 34.2 Å². The monoisotopic (exact) mass is 385 g/mol. The van der Waals surface area contributed by atoms with E-state index >= 15 is 0 Å². The fourth-order valence-corrected chi connectivity index (χ4v) is 1.11. The average molecular weight is 386 g/mol. The van der Waals surface area contributed by atoms with Crippen molar-refractivity contribution in [2.24, 2.45) is 5.73 Å². The summed E-state index contributed by atoms with van der Waals surface area (Å²) in [7, 11) is 6.52. The fraction of sp³-hybridized carbons (Fsp3) is 1.00. The molecule has 7 nitrogen and oxygen atoms in total. The highest BCUT2D eigenvalue weighted by molar-refractivity contribution is 4.55. The average Bonchev–Trinajstić information content (AvgIpc) is 2.68. The van der Waals surface area contributed by atoms with E-state index < -0.39 is 0 Å². The summed E-state index contributed by atoms with van der Waals surface area (Å²) in [6.45, 7) is 12.7. The van der Waals surface area contributed by atoms with Gasteiger partial charge in [0.05, 0.1) is 52.4 Å². The molecule has 0 amide bonds. The molecule has 1 unspecified atom stereocenters. The van der Waals surface area contributed by atoms with Crippen molar-refractivity contribution in [3.8, 4) is 0 Å². The van der Waals surface area contributed by atoms with E-state index in [1.807, 2.05) is 13.8 Å². The second-order valence-electron chi connectivity index (χ2n) is 4.81. The molecule has 0 bridgehead atoms. The van der Waals surface area contributed by atoms with Gasteiger partial charge >= 0.3 is 0 Å². The number of ether oxygens (including phenoxy) is 6. The van der Waals surface area contributed by atoms with Crippen molar-refractivity contribution >= 4 is 0 Å². The maximum atomic E-state index is 5.49. The van der Waals surface area contributed by atoms with Crippen molar-refractivity contribution in [3.05, 3.63) is 0 Å². The zero-order valence-corrected chi connectivity index (χ0v) is 18.7. The van der Waals surface area contributed by atoms with E-state index in [-0.39, 0.29) is 6.10 Å². The molecule has 0 radical (unpaired) electrons. The Morgan fingerprint density at radius 1 is 0.692 bits per heavy atom. The third kappa shape index (κ3) is 43.8. The van der Waals surface area contributed by atoms with Gasteiger partial charge in [0, 0.05) is 35.0 Å². The van der Waals surface area contributed by atoms with E-state index in [2.05, 4.69) is 18.6 Å². The second kappa shape index (κ2) is 39.7. The van der Waals surface area contributed by atoms with Crippen LogP contribution in [0.3, 0.4) is 0 Å². The predicted octanol–water partition coefficient (Wildman–Crippen LogP) is 2.75. The van der Waals surface area contributed by atoms with Gasteiger partial charge in [-0.05, 0) is 0 Å². The molecule has 0 aliphatic carbocycles. The van der Waals surface area contributed by atoms with E-state index in [9.17, 15) is 0 Å². The molecule has 0 aliphatic rings. The van der Waals surface area contributed by atoms with Gasteiger partial charge in [0.25, 0.3) is 0 Å². The van der Waals surface area contributed by atoms with Crippen molar-refractivity contribution in [1.82, 2.24) is 0 Å². The van der Waals surface area contributed by atoms with Crippen LogP contribution < -0.4 is 5.73 Å². The van der Waals surface area contributed by atoms with Crippen LogP contribution in [-0.4, -0.2) is 87.3 Å². The molecule has 0 aromatic carbocycles. The number of hydrogen-bond donors (Lipinski definition) is 1. The van der Waals surface area contributed by atoms with Gasteiger partial charge in [0.15, 0.2) is 0 Å². The summed E-state index contributed by atoms with van der Waals surface area (Å²) in [6.07, 6.45) is 2.58. The van der Waals surface area contributed by atoms with Gasteiger partial charge in [0.2, 0.25) is 0 Å². The van der Waals surface area contributed by atoms with Crippen LogP contribution in [0.25, 0.3) is 0 Å². The van der Waals surface area contributed by atoms with Crippen LogP contribution in [0.15, 0.2) is 0 Å². The van der Waals surface area contributed by atoms with Crippen LogP contribution in [0.2, 0.25) is 0 Å². The first-order valence-electron chi connectivity index (χ1n) is 9.53. The minimum atomic E-state index is -0.0541. The highest BCUT2D eigenvalue weighted by Crippen LogP contribution is 1.90.